The summed E-state index contributed by atoms with van der Waals surface area (Å²) in [7, 11) is 0. The van der Waals surface area contributed by atoms with E-state index in [0.29, 0.717) is 34.5 Å². The summed E-state index contributed by atoms with van der Waals surface area (Å²) in [4.78, 5) is 0. The molecule has 40 valence electrons. The van der Waals surface area contributed by atoms with Crippen LogP contribution in [-0.4, -0.2) is 0 Å². The van der Waals surface area contributed by atoms with Crippen LogP contribution in [-0.2, 0) is 0 Å². The fourth-order valence-electron chi connectivity index (χ4n) is 0.224. The summed E-state index contributed by atoms with van der Waals surface area (Å²) >= 11 is 3.49. The Morgan fingerprint density at radius 3 is 2.71 bits per heavy atom. The number of hydrogen-bond donors (Lipinski definition) is 0. The van der Waals surface area contributed by atoms with Gasteiger partial charge in [0.2, 0.25) is 0 Å². The van der Waals surface area contributed by atoms with E-state index >= 15 is 0 Å². The fourth-order valence-corrected chi connectivity index (χ4v) is 9.89. The number of halogens is 3. The van der Waals surface area contributed by atoms with Crippen LogP contribution in [0.4, 0.5) is 0 Å². The van der Waals surface area contributed by atoms with Gasteiger partial charge in [0.25, 0.3) is 0 Å². The van der Waals surface area contributed by atoms with Gasteiger partial charge in [-0.3, -0.25) is 0 Å². The maximum atomic E-state index is 2.44. The summed E-state index contributed by atoms with van der Waals surface area (Å²) in [5.74, 6) is 0. The first-order chi connectivity index (χ1) is 3.39. The van der Waals surface area contributed by atoms with Gasteiger partial charge in [-0.15, -0.1) is 0 Å². The van der Waals surface area contributed by atoms with Crippen molar-refractivity contribution in [3.05, 3.63) is 17.8 Å². The Hall–Kier alpha value is 1.67. The fraction of sp³-hybridized carbons (Fsp3) is 0. The van der Waals surface area contributed by atoms with Gasteiger partial charge < -0.3 is 0 Å². The van der Waals surface area contributed by atoms with Crippen molar-refractivity contribution in [2.75, 3.05) is 0 Å². The van der Waals surface area contributed by atoms with Crippen LogP contribution in [0.25, 0.3) is 0 Å². The summed E-state index contributed by atoms with van der Waals surface area (Å²) < 4.78 is 3.99. The smallest absolute Gasteiger partial charge is 0.0514 e. The Morgan fingerprint density at radius 2 is 2.43 bits per heavy atom. The van der Waals surface area contributed by atoms with E-state index in [1.807, 2.05) is 0 Å². The molecule has 1 aliphatic rings. The highest BCUT2D eigenvalue weighted by molar-refractivity contribution is 15.1. The lowest BCUT2D eigenvalue weighted by atomic mass is 10.6. The lowest BCUT2D eigenvalue weighted by Crippen LogP contribution is -1.53. The summed E-state index contributed by atoms with van der Waals surface area (Å²) in [6.45, 7) is 0. The van der Waals surface area contributed by atoms with Crippen molar-refractivity contribution >= 4 is 57.1 Å². The minimum Gasteiger partial charge on any atom is -0.0547 e. The highest BCUT2D eigenvalue weighted by atomic mass is 128. The average molecular weight is 432 g/mol. The highest BCUT2D eigenvalue weighted by Gasteiger charge is 1.92. The molecule has 0 saturated heterocycles. The largest absolute Gasteiger partial charge is 0.0547 e. The molecule has 0 amide bonds. The molecule has 0 nitrogen and oxygen atoms in total. The zero-order valence-corrected chi connectivity index (χ0v) is 9.84. The van der Waals surface area contributed by atoms with Gasteiger partial charge in [0.15, 0.2) is 0 Å². The predicted molar refractivity (Wildman–Crippen MR) is 59.3 cm³/mol. The molecule has 7 heavy (non-hydrogen) atoms. The van der Waals surface area contributed by atoms with Crippen LogP contribution < -0.4 is 0 Å². The van der Waals surface area contributed by atoms with Crippen LogP contribution in [0.5, 0.6) is 0 Å². The maximum Gasteiger partial charge on any atom is 0.0514 e. The molecule has 0 N–H and O–H groups in total. The Morgan fingerprint density at radius 1 is 1.57 bits per heavy atom. The summed E-state index contributed by atoms with van der Waals surface area (Å²) in [5, 5.41) is 0. The normalized spacial score (nSPS) is 19.3. The Labute approximate surface area is 73.5 Å². The molecule has 1 rings (SSSR count). The zero-order valence-electron chi connectivity index (χ0n) is 3.37. The second-order valence-electron chi connectivity index (χ2n) is 0.929. The minimum absolute atomic E-state index is 0.523. The molecule has 1 aliphatic heterocycles. The molecule has 0 aromatic carbocycles. The van der Waals surface area contributed by atoms with Crippen molar-refractivity contribution < 1.29 is 0 Å². The van der Waals surface area contributed by atoms with Gasteiger partial charge in [0.1, 0.15) is 0 Å². The molecular weight excluding hydrogens is 429 g/mol. The van der Waals surface area contributed by atoms with Crippen LogP contribution in [0.1, 0.15) is 0 Å². The molecule has 0 saturated carbocycles. The van der Waals surface area contributed by atoms with Crippen molar-refractivity contribution in [2.24, 2.45) is 0 Å². The first-order valence-corrected chi connectivity index (χ1v) is 11.4. The molecule has 0 aliphatic carbocycles. The van der Waals surface area contributed by atoms with Crippen molar-refractivity contribution in [2.45, 2.75) is 0 Å². The third kappa shape index (κ3) is 2.64. The van der Waals surface area contributed by atoms with Gasteiger partial charge in [-0.05, 0) is 50.0 Å². The van der Waals surface area contributed by atoms with E-state index in [1.54, 1.807) is 1.59 Å². The van der Waals surface area contributed by atoms with Crippen LogP contribution in [0, 0.1) is 0 Å². The first kappa shape index (κ1) is 6.79. The van der Waals surface area contributed by atoms with E-state index in [1.165, 1.54) is 0 Å². The minimum atomic E-state index is 0.523. The van der Waals surface area contributed by atoms with Gasteiger partial charge in [-0.1, -0.05) is 23.3 Å². The standard InChI is InChI=1S/C4H3I3/c5-4-2-1-3-6-7-4/h1-3H. The number of allylic oxidation sites excluding steroid dienone is 2. The number of hydrogen-bond acceptors (Lipinski definition) is 0. The molecule has 0 bridgehead atoms. The van der Waals surface area contributed by atoms with Crippen LogP contribution in [0.15, 0.2) is 17.8 Å². The SMILES string of the molecule is IC1=CC=C[I][I]1. The molecule has 0 aromatic heterocycles. The molecule has 0 fully saturated rings. The van der Waals surface area contributed by atoms with E-state index in [0.717, 1.165) is 0 Å². The maximum absolute atomic E-state index is 2.44. The zero-order chi connectivity index (χ0) is 5.11. The monoisotopic (exact) mass is 432 g/mol. The molecule has 0 aromatic rings. The van der Waals surface area contributed by atoms with E-state index in [9.17, 15) is 0 Å². The van der Waals surface area contributed by atoms with Crippen molar-refractivity contribution in [3.8, 4) is 0 Å². The second kappa shape index (κ2) is 3.65. The van der Waals surface area contributed by atoms with Gasteiger partial charge in [-0.2, -0.15) is 0 Å². The van der Waals surface area contributed by atoms with Crippen LogP contribution in [0.3, 0.4) is 0 Å². The molecule has 1 heterocycles. The summed E-state index contributed by atoms with van der Waals surface area (Å²) in [5.41, 5.74) is 0. The molecular formula is C4H3I3. The van der Waals surface area contributed by atoms with Crippen LogP contribution >= 0.6 is 57.1 Å². The highest BCUT2D eigenvalue weighted by Crippen LogP contribution is 2.51. The van der Waals surface area contributed by atoms with Crippen LogP contribution in [0.2, 0.25) is 0 Å². The molecule has 0 atom stereocenters. The lowest BCUT2D eigenvalue weighted by Gasteiger charge is -1.95. The topological polar surface area (TPSA) is 0 Å². The third-order valence-corrected chi connectivity index (χ3v) is 15.4. The predicted octanol–water partition coefficient (Wildman–Crippen LogP) is 3.65. The van der Waals surface area contributed by atoms with E-state index in [4.69, 9.17) is 0 Å². The van der Waals surface area contributed by atoms with Gasteiger partial charge in [-0.25, -0.2) is 0 Å². The molecule has 0 spiro atoms. The molecule has 0 unspecified atom stereocenters. The van der Waals surface area contributed by atoms with Gasteiger partial charge in [0, 0.05) is 0 Å². The second-order valence-corrected chi connectivity index (χ2v) is 12.8. The van der Waals surface area contributed by atoms with E-state index in [-0.39, 0.29) is 0 Å². The Kier molecular flexibility index (Phi) is 3.54. The van der Waals surface area contributed by atoms with Gasteiger partial charge in [0.05, 0.1) is 1.59 Å². The van der Waals surface area contributed by atoms with Gasteiger partial charge >= 0.3 is 0 Å². The Balaban J connectivity index is 2.57. The quantitative estimate of drug-likeness (QED) is 0.514. The van der Waals surface area contributed by atoms with Crippen molar-refractivity contribution in [3.63, 3.8) is 0 Å². The van der Waals surface area contributed by atoms with E-state index in [2.05, 4.69) is 38.8 Å². The first-order valence-electron chi connectivity index (χ1n) is 1.69. The molecule has 2 radical (unpaired) electrons. The van der Waals surface area contributed by atoms with Crippen molar-refractivity contribution in [1.82, 2.24) is 0 Å². The number of rotatable bonds is 0. The van der Waals surface area contributed by atoms with E-state index < -0.39 is 0 Å². The average Bonchev–Trinajstić information content (AvgIpc) is 1.69. The molecule has 3 heteroatoms. The summed E-state index contributed by atoms with van der Waals surface area (Å²) in [6, 6.07) is 0. The third-order valence-electron chi connectivity index (χ3n) is 0.452. The lowest BCUT2D eigenvalue weighted by molar-refractivity contribution is 2.12. The summed E-state index contributed by atoms with van der Waals surface area (Å²) in [6.07, 6.45) is 4.43. The Bertz CT molecular complexity index is 114. The van der Waals surface area contributed by atoms with Crippen molar-refractivity contribution in [1.29, 1.82) is 0 Å².